The van der Waals surface area contributed by atoms with Gasteiger partial charge in [0.2, 0.25) is 0 Å². The van der Waals surface area contributed by atoms with E-state index in [4.69, 9.17) is 0 Å². The van der Waals surface area contributed by atoms with E-state index < -0.39 is 11.7 Å². The molecule has 0 saturated carbocycles. The van der Waals surface area contributed by atoms with E-state index in [1.54, 1.807) is 12.4 Å². The van der Waals surface area contributed by atoms with Gasteiger partial charge in [0.25, 0.3) is 0 Å². The van der Waals surface area contributed by atoms with Crippen LogP contribution in [-0.2, 0) is 6.18 Å². The first-order valence-corrected chi connectivity index (χ1v) is 7.96. The molecule has 2 rings (SSSR count). The van der Waals surface area contributed by atoms with Crippen LogP contribution < -0.4 is 10.2 Å². The second kappa shape index (κ2) is 7.99. The summed E-state index contributed by atoms with van der Waals surface area (Å²) in [4.78, 5) is 10.8. The van der Waals surface area contributed by atoms with Crippen LogP contribution in [0.5, 0.6) is 0 Å². The lowest BCUT2D eigenvalue weighted by Crippen LogP contribution is -2.27. The number of aromatic nitrogens is 2. The number of nitrogens with zero attached hydrogens (tertiary/aromatic N) is 3. The van der Waals surface area contributed by atoms with Crippen molar-refractivity contribution in [3.63, 3.8) is 0 Å². The second-order valence-electron chi connectivity index (χ2n) is 5.42. The lowest BCUT2D eigenvalue weighted by Gasteiger charge is -2.24. The van der Waals surface area contributed by atoms with Gasteiger partial charge in [-0.3, -0.25) is 0 Å². The van der Waals surface area contributed by atoms with Crippen molar-refractivity contribution < 1.29 is 13.2 Å². The third-order valence-electron chi connectivity index (χ3n) is 3.44. The molecule has 130 valence electrons. The topological polar surface area (TPSA) is 41.1 Å². The molecule has 24 heavy (non-hydrogen) atoms. The van der Waals surface area contributed by atoms with Crippen molar-refractivity contribution >= 4 is 17.3 Å². The Morgan fingerprint density at radius 2 is 1.54 bits per heavy atom. The van der Waals surface area contributed by atoms with Crippen LogP contribution in [0.3, 0.4) is 0 Å². The Kier molecular flexibility index (Phi) is 6.00. The van der Waals surface area contributed by atoms with Crippen LogP contribution in [0.2, 0.25) is 0 Å². The number of halogens is 3. The van der Waals surface area contributed by atoms with Crippen molar-refractivity contribution in [2.45, 2.75) is 32.9 Å². The van der Waals surface area contributed by atoms with Crippen LogP contribution in [0, 0.1) is 0 Å². The molecular weight excluding hydrogens is 317 g/mol. The summed E-state index contributed by atoms with van der Waals surface area (Å²) in [6.45, 7) is 5.85. The summed E-state index contributed by atoms with van der Waals surface area (Å²) in [6.07, 6.45) is 0.777. The van der Waals surface area contributed by atoms with E-state index in [1.807, 2.05) is 0 Å². The molecule has 0 spiro atoms. The molecule has 7 heteroatoms. The van der Waals surface area contributed by atoms with Gasteiger partial charge < -0.3 is 10.2 Å². The molecule has 1 heterocycles. The van der Waals surface area contributed by atoms with Crippen molar-refractivity contribution in [2.24, 2.45) is 0 Å². The first-order chi connectivity index (χ1) is 11.5. The largest absolute Gasteiger partial charge is 0.416 e. The quantitative estimate of drug-likeness (QED) is 0.782. The lowest BCUT2D eigenvalue weighted by molar-refractivity contribution is -0.137. The van der Waals surface area contributed by atoms with Gasteiger partial charge in [0.1, 0.15) is 0 Å². The van der Waals surface area contributed by atoms with Crippen molar-refractivity contribution in [2.75, 3.05) is 23.3 Å². The molecule has 0 amide bonds. The Morgan fingerprint density at radius 1 is 0.958 bits per heavy atom. The monoisotopic (exact) mass is 338 g/mol. The third-order valence-corrected chi connectivity index (χ3v) is 3.44. The minimum atomic E-state index is -4.34. The molecule has 0 aliphatic heterocycles. The minimum absolute atomic E-state index is 0.540. The standard InChI is InChI=1S/C17H21F3N4/c1-3-11-24(12-4-2)16-15(21-9-10-22-16)23-14-7-5-13(6-8-14)17(18,19)20/h5-10H,3-4,11-12H2,1-2H3,(H,21,23). The summed E-state index contributed by atoms with van der Waals surface area (Å²) >= 11 is 0. The average Bonchev–Trinajstić information content (AvgIpc) is 2.55. The van der Waals surface area contributed by atoms with Crippen LogP contribution in [-0.4, -0.2) is 23.1 Å². The number of hydrogen-bond donors (Lipinski definition) is 1. The number of benzene rings is 1. The molecule has 1 N–H and O–H groups in total. The van der Waals surface area contributed by atoms with Gasteiger partial charge in [0, 0.05) is 31.2 Å². The smallest absolute Gasteiger partial charge is 0.354 e. The van der Waals surface area contributed by atoms with Crippen LogP contribution in [0.15, 0.2) is 36.7 Å². The van der Waals surface area contributed by atoms with E-state index in [9.17, 15) is 13.2 Å². The maximum Gasteiger partial charge on any atom is 0.416 e. The van der Waals surface area contributed by atoms with E-state index in [0.29, 0.717) is 17.3 Å². The Labute approximate surface area is 139 Å². The minimum Gasteiger partial charge on any atom is -0.354 e. The van der Waals surface area contributed by atoms with Crippen LogP contribution in [0.4, 0.5) is 30.5 Å². The van der Waals surface area contributed by atoms with E-state index in [1.165, 1.54) is 12.1 Å². The molecule has 0 aliphatic rings. The van der Waals surface area contributed by atoms with E-state index >= 15 is 0 Å². The summed E-state index contributed by atoms with van der Waals surface area (Å²) in [5, 5.41) is 3.07. The van der Waals surface area contributed by atoms with Gasteiger partial charge in [-0.2, -0.15) is 13.2 Å². The van der Waals surface area contributed by atoms with Crippen LogP contribution in [0.25, 0.3) is 0 Å². The van der Waals surface area contributed by atoms with Gasteiger partial charge in [-0.1, -0.05) is 13.8 Å². The van der Waals surface area contributed by atoms with Crippen molar-refractivity contribution in [1.82, 2.24) is 9.97 Å². The molecule has 0 aliphatic carbocycles. The maximum atomic E-state index is 12.6. The molecule has 1 aromatic carbocycles. The number of hydrogen-bond acceptors (Lipinski definition) is 4. The summed E-state index contributed by atoms with van der Waals surface area (Å²) < 4.78 is 37.9. The summed E-state index contributed by atoms with van der Waals surface area (Å²) in [5.74, 6) is 1.25. The number of rotatable bonds is 7. The SMILES string of the molecule is CCCN(CCC)c1nccnc1Nc1ccc(C(F)(F)F)cc1. The number of nitrogens with one attached hydrogen (secondary N) is 1. The Balaban J connectivity index is 2.23. The molecule has 0 saturated heterocycles. The normalized spacial score (nSPS) is 11.4. The van der Waals surface area contributed by atoms with Crippen molar-refractivity contribution in [3.05, 3.63) is 42.2 Å². The predicted octanol–water partition coefficient (Wildman–Crippen LogP) is 4.87. The van der Waals surface area contributed by atoms with Gasteiger partial charge in [0.15, 0.2) is 11.6 Å². The molecular formula is C17H21F3N4. The van der Waals surface area contributed by atoms with Gasteiger partial charge >= 0.3 is 6.18 Å². The van der Waals surface area contributed by atoms with Crippen molar-refractivity contribution in [3.8, 4) is 0 Å². The molecule has 2 aromatic rings. The van der Waals surface area contributed by atoms with Gasteiger partial charge in [-0.05, 0) is 37.1 Å². The zero-order chi connectivity index (χ0) is 17.6. The molecule has 0 radical (unpaired) electrons. The number of alkyl halides is 3. The highest BCUT2D eigenvalue weighted by molar-refractivity contribution is 5.68. The lowest BCUT2D eigenvalue weighted by atomic mass is 10.2. The Bertz CT molecular complexity index is 635. The third kappa shape index (κ3) is 4.59. The Morgan fingerprint density at radius 3 is 2.08 bits per heavy atom. The maximum absolute atomic E-state index is 12.6. The average molecular weight is 338 g/mol. The Hall–Kier alpha value is -2.31. The highest BCUT2D eigenvalue weighted by Crippen LogP contribution is 2.31. The van der Waals surface area contributed by atoms with Crippen LogP contribution in [0.1, 0.15) is 32.3 Å². The molecule has 0 atom stereocenters. The summed E-state index contributed by atoms with van der Waals surface area (Å²) in [7, 11) is 0. The first-order valence-electron chi connectivity index (χ1n) is 7.96. The summed E-state index contributed by atoms with van der Waals surface area (Å²) in [6, 6.07) is 4.89. The predicted molar refractivity (Wildman–Crippen MR) is 89.6 cm³/mol. The zero-order valence-corrected chi connectivity index (χ0v) is 13.8. The fourth-order valence-electron chi connectivity index (χ4n) is 2.39. The molecule has 0 fully saturated rings. The molecule has 0 unspecified atom stereocenters. The van der Waals surface area contributed by atoms with E-state index in [0.717, 1.165) is 38.1 Å². The molecule has 1 aromatic heterocycles. The zero-order valence-electron chi connectivity index (χ0n) is 13.8. The van der Waals surface area contributed by atoms with Crippen molar-refractivity contribution in [1.29, 1.82) is 0 Å². The van der Waals surface area contributed by atoms with Gasteiger partial charge in [-0.15, -0.1) is 0 Å². The first kappa shape index (κ1) is 18.0. The fourth-order valence-corrected chi connectivity index (χ4v) is 2.39. The van der Waals surface area contributed by atoms with E-state index in [2.05, 4.69) is 34.0 Å². The highest BCUT2D eigenvalue weighted by atomic mass is 19.4. The van der Waals surface area contributed by atoms with Gasteiger partial charge in [0.05, 0.1) is 5.56 Å². The molecule has 0 bridgehead atoms. The fraction of sp³-hybridized carbons (Fsp3) is 0.412. The molecule has 4 nitrogen and oxygen atoms in total. The van der Waals surface area contributed by atoms with Crippen LogP contribution >= 0.6 is 0 Å². The second-order valence-corrected chi connectivity index (χ2v) is 5.42. The van der Waals surface area contributed by atoms with E-state index in [-0.39, 0.29) is 0 Å². The highest BCUT2D eigenvalue weighted by Gasteiger charge is 2.30. The number of anilines is 3. The summed E-state index contributed by atoms with van der Waals surface area (Å²) in [5.41, 5.74) is -0.135. The van der Waals surface area contributed by atoms with Gasteiger partial charge in [-0.25, -0.2) is 9.97 Å².